The van der Waals surface area contributed by atoms with Gasteiger partial charge in [0.1, 0.15) is 0 Å². The van der Waals surface area contributed by atoms with Gasteiger partial charge in [-0.05, 0) is 50.1 Å². The van der Waals surface area contributed by atoms with Gasteiger partial charge in [-0.1, -0.05) is 36.4 Å². The Hall–Kier alpha value is -3.08. The summed E-state index contributed by atoms with van der Waals surface area (Å²) in [6.07, 6.45) is 0.806. The highest BCUT2D eigenvalue weighted by molar-refractivity contribution is 5.89. The summed E-state index contributed by atoms with van der Waals surface area (Å²) in [5, 5.41) is 10.2. The maximum atomic E-state index is 12.1. The number of carbonyl (C=O) groups is 1. The summed E-state index contributed by atoms with van der Waals surface area (Å²) in [5.74, 6) is 0. The number of urea groups is 1. The maximum absolute atomic E-state index is 12.1. The second kappa shape index (κ2) is 7.66. The first-order chi connectivity index (χ1) is 12.1. The Kier molecular flexibility index (Phi) is 5.14. The van der Waals surface area contributed by atoms with Gasteiger partial charge in [-0.3, -0.25) is 0 Å². The molecule has 0 aliphatic rings. The molecule has 0 aliphatic carbocycles. The van der Waals surface area contributed by atoms with Crippen molar-refractivity contribution in [2.75, 3.05) is 11.9 Å². The fourth-order valence-corrected chi connectivity index (χ4v) is 2.75. The van der Waals surface area contributed by atoms with Crippen molar-refractivity contribution in [2.45, 2.75) is 20.3 Å². The Balaban J connectivity index is 1.58. The van der Waals surface area contributed by atoms with Gasteiger partial charge >= 0.3 is 6.03 Å². The second-order valence-electron chi connectivity index (χ2n) is 6.01. The molecule has 0 radical (unpaired) electrons. The Morgan fingerprint density at radius 3 is 2.56 bits per heavy atom. The number of aryl methyl sites for hydroxylation is 2. The number of carbonyl (C=O) groups excluding carboxylic acids is 1. The third-order valence-corrected chi connectivity index (χ3v) is 3.90. The van der Waals surface area contributed by atoms with Gasteiger partial charge in [0.25, 0.3) is 0 Å². The van der Waals surface area contributed by atoms with Crippen molar-refractivity contribution in [3.05, 3.63) is 77.6 Å². The highest BCUT2D eigenvalue weighted by Gasteiger charge is 2.06. The van der Waals surface area contributed by atoms with E-state index in [1.165, 1.54) is 5.56 Å². The molecule has 0 fully saturated rings. The molecule has 0 saturated carbocycles. The Labute approximate surface area is 147 Å². The van der Waals surface area contributed by atoms with E-state index in [4.69, 9.17) is 0 Å². The van der Waals surface area contributed by atoms with Crippen LogP contribution >= 0.6 is 0 Å². The normalized spacial score (nSPS) is 10.5. The van der Waals surface area contributed by atoms with E-state index in [9.17, 15) is 4.79 Å². The molecule has 0 spiro atoms. The topological polar surface area (TPSA) is 59.0 Å². The van der Waals surface area contributed by atoms with Crippen LogP contribution in [0, 0.1) is 13.8 Å². The number of hydrogen-bond acceptors (Lipinski definition) is 2. The first-order valence-corrected chi connectivity index (χ1v) is 8.34. The van der Waals surface area contributed by atoms with Crippen molar-refractivity contribution in [1.82, 2.24) is 15.1 Å². The van der Waals surface area contributed by atoms with Gasteiger partial charge in [0, 0.05) is 17.9 Å². The molecule has 2 aromatic carbocycles. The van der Waals surface area contributed by atoms with Crippen LogP contribution in [0.3, 0.4) is 0 Å². The van der Waals surface area contributed by atoms with E-state index in [0.29, 0.717) is 6.54 Å². The molecule has 0 aliphatic heterocycles. The molecule has 2 amide bonds. The van der Waals surface area contributed by atoms with Crippen molar-refractivity contribution in [1.29, 1.82) is 0 Å². The summed E-state index contributed by atoms with van der Waals surface area (Å²) >= 11 is 0. The second-order valence-corrected chi connectivity index (χ2v) is 6.01. The number of amides is 2. The van der Waals surface area contributed by atoms with Crippen LogP contribution in [-0.4, -0.2) is 22.4 Å². The number of anilines is 1. The monoisotopic (exact) mass is 334 g/mol. The van der Waals surface area contributed by atoms with Crippen LogP contribution in [0.2, 0.25) is 0 Å². The van der Waals surface area contributed by atoms with Crippen LogP contribution in [0.15, 0.2) is 60.7 Å². The molecule has 1 aromatic heterocycles. The number of benzene rings is 2. The minimum absolute atomic E-state index is 0.207. The quantitative estimate of drug-likeness (QED) is 0.744. The highest BCUT2D eigenvalue weighted by atomic mass is 16.2. The van der Waals surface area contributed by atoms with Crippen molar-refractivity contribution >= 4 is 11.7 Å². The average Bonchev–Trinajstić information content (AvgIpc) is 2.94. The van der Waals surface area contributed by atoms with Crippen molar-refractivity contribution in [3.8, 4) is 5.69 Å². The zero-order valence-electron chi connectivity index (χ0n) is 14.5. The standard InChI is InChI=1S/C20H22N4O/c1-15-13-16(2)24(23-15)19-10-6-9-18(14-19)22-20(25)21-12-11-17-7-4-3-5-8-17/h3-10,13-14H,11-12H2,1-2H3,(H2,21,22,25). The van der Waals surface area contributed by atoms with Crippen LogP contribution in [0.25, 0.3) is 5.69 Å². The van der Waals surface area contributed by atoms with E-state index in [1.54, 1.807) is 0 Å². The first-order valence-electron chi connectivity index (χ1n) is 8.34. The Morgan fingerprint density at radius 1 is 1.04 bits per heavy atom. The summed E-state index contributed by atoms with van der Waals surface area (Å²) in [6.45, 7) is 4.56. The fraction of sp³-hybridized carbons (Fsp3) is 0.200. The first kappa shape index (κ1) is 16.8. The molecule has 0 saturated heterocycles. The van der Waals surface area contributed by atoms with Crippen LogP contribution in [0.4, 0.5) is 10.5 Å². The molecular weight excluding hydrogens is 312 g/mol. The lowest BCUT2D eigenvalue weighted by Gasteiger charge is -2.10. The minimum Gasteiger partial charge on any atom is -0.338 e. The van der Waals surface area contributed by atoms with Crippen molar-refractivity contribution < 1.29 is 4.79 Å². The SMILES string of the molecule is Cc1cc(C)n(-c2cccc(NC(=O)NCCc3ccccc3)c2)n1. The van der Waals surface area contributed by atoms with Gasteiger partial charge in [0.15, 0.2) is 0 Å². The largest absolute Gasteiger partial charge is 0.338 e. The summed E-state index contributed by atoms with van der Waals surface area (Å²) in [7, 11) is 0. The number of hydrogen-bond donors (Lipinski definition) is 2. The Bertz CT molecular complexity index is 855. The summed E-state index contributed by atoms with van der Waals surface area (Å²) < 4.78 is 1.87. The smallest absolute Gasteiger partial charge is 0.319 e. The molecule has 3 aromatic rings. The van der Waals surface area contributed by atoms with Gasteiger partial charge in [-0.15, -0.1) is 0 Å². The Morgan fingerprint density at radius 2 is 1.84 bits per heavy atom. The van der Waals surface area contributed by atoms with Crippen molar-refractivity contribution in [3.63, 3.8) is 0 Å². The van der Waals surface area contributed by atoms with Gasteiger partial charge in [-0.2, -0.15) is 5.10 Å². The number of nitrogens with zero attached hydrogens (tertiary/aromatic N) is 2. The predicted octanol–water partition coefficient (Wildman–Crippen LogP) is 3.85. The van der Waals surface area contributed by atoms with Gasteiger partial charge in [-0.25, -0.2) is 9.48 Å². The lowest BCUT2D eigenvalue weighted by Crippen LogP contribution is -2.30. The maximum Gasteiger partial charge on any atom is 0.319 e. The zero-order valence-corrected chi connectivity index (χ0v) is 14.5. The lowest BCUT2D eigenvalue weighted by molar-refractivity contribution is 0.252. The molecule has 5 heteroatoms. The van der Waals surface area contributed by atoms with Gasteiger partial charge in [0.05, 0.1) is 11.4 Å². The molecule has 3 rings (SSSR count). The fourth-order valence-electron chi connectivity index (χ4n) is 2.75. The molecule has 128 valence electrons. The molecule has 0 bridgehead atoms. The predicted molar refractivity (Wildman–Crippen MR) is 100 cm³/mol. The molecule has 2 N–H and O–H groups in total. The van der Waals surface area contributed by atoms with E-state index in [1.807, 2.05) is 67.1 Å². The van der Waals surface area contributed by atoms with Crippen LogP contribution in [0.1, 0.15) is 17.0 Å². The highest BCUT2D eigenvalue weighted by Crippen LogP contribution is 2.16. The van der Waals surface area contributed by atoms with Crippen molar-refractivity contribution in [2.24, 2.45) is 0 Å². The molecule has 1 heterocycles. The average molecular weight is 334 g/mol. The van der Waals surface area contributed by atoms with E-state index in [2.05, 4.69) is 27.9 Å². The summed E-state index contributed by atoms with van der Waals surface area (Å²) in [6, 6.07) is 19.6. The molecule has 25 heavy (non-hydrogen) atoms. The summed E-state index contributed by atoms with van der Waals surface area (Å²) in [5.41, 5.74) is 4.89. The third kappa shape index (κ3) is 4.47. The zero-order chi connectivity index (χ0) is 17.6. The van der Waals surface area contributed by atoms with E-state index < -0.39 is 0 Å². The van der Waals surface area contributed by atoms with E-state index in [0.717, 1.165) is 29.2 Å². The molecule has 5 nitrogen and oxygen atoms in total. The van der Waals surface area contributed by atoms with E-state index in [-0.39, 0.29) is 6.03 Å². The summed E-state index contributed by atoms with van der Waals surface area (Å²) in [4.78, 5) is 12.1. The van der Waals surface area contributed by atoms with Crippen LogP contribution < -0.4 is 10.6 Å². The minimum atomic E-state index is -0.207. The molecular formula is C20H22N4O. The molecule has 0 atom stereocenters. The van der Waals surface area contributed by atoms with Gasteiger partial charge in [0.2, 0.25) is 0 Å². The van der Waals surface area contributed by atoms with E-state index >= 15 is 0 Å². The molecule has 0 unspecified atom stereocenters. The van der Waals surface area contributed by atoms with Gasteiger partial charge < -0.3 is 10.6 Å². The van der Waals surface area contributed by atoms with Crippen LogP contribution in [0.5, 0.6) is 0 Å². The number of rotatable bonds is 5. The number of aromatic nitrogens is 2. The number of nitrogens with one attached hydrogen (secondary N) is 2. The third-order valence-electron chi connectivity index (χ3n) is 3.90. The van der Waals surface area contributed by atoms with Crippen LogP contribution in [-0.2, 0) is 6.42 Å². The lowest BCUT2D eigenvalue weighted by atomic mass is 10.1.